The Kier molecular flexibility index (Phi) is 4.70. The van der Waals surface area contributed by atoms with Crippen LogP contribution >= 0.6 is 0 Å². The monoisotopic (exact) mass is 440 g/mol. The van der Waals surface area contributed by atoms with Crippen LogP contribution < -0.4 is 4.90 Å². The Bertz CT molecular complexity index is 1540. The fourth-order valence-electron chi connectivity index (χ4n) is 4.82. The number of nitro groups is 1. The molecule has 0 radical (unpaired) electrons. The van der Waals surface area contributed by atoms with Crippen LogP contribution in [0.4, 0.5) is 22.7 Å². The van der Waals surface area contributed by atoms with E-state index < -0.39 is 0 Å². The van der Waals surface area contributed by atoms with Crippen LogP contribution in [0.5, 0.6) is 0 Å². The maximum atomic E-state index is 11.7. The molecule has 6 rings (SSSR count). The summed E-state index contributed by atoms with van der Waals surface area (Å²) in [5.41, 5.74) is 9.14. The smallest absolute Gasteiger partial charge is 0.277 e. The number of hydrogen-bond acceptors (Lipinski definition) is 3. The van der Waals surface area contributed by atoms with Gasteiger partial charge in [-0.2, -0.15) is 0 Å². The summed E-state index contributed by atoms with van der Waals surface area (Å²) in [6, 6.07) is 40.2. The molecule has 0 fully saturated rings. The Morgan fingerprint density at radius 3 is 1.76 bits per heavy atom. The summed E-state index contributed by atoms with van der Waals surface area (Å²) in [5, 5.41) is 11.7. The summed E-state index contributed by atoms with van der Waals surface area (Å²) in [6.07, 6.45) is 0. The van der Waals surface area contributed by atoms with Gasteiger partial charge in [-0.15, -0.1) is 0 Å². The molecule has 0 unspecified atom stereocenters. The number of fused-ring (bicyclic) bond motifs is 5. The number of anilines is 3. The molecule has 0 bridgehead atoms. The number of nitrogens with zero attached hydrogens (tertiary/aromatic N) is 2. The number of nitro benzene ring substituents is 1. The lowest BCUT2D eigenvalue weighted by molar-refractivity contribution is -0.384. The maximum Gasteiger partial charge on any atom is 0.277 e. The van der Waals surface area contributed by atoms with Crippen molar-refractivity contribution in [1.82, 2.24) is 0 Å². The largest absolute Gasteiger partial charge is 0.309 e. The van der Waals surface area contributed by atoms with E-state index in [1.807, 2.05) is 48.5 Å². The van der Waals surface area contributed by atoms with Gasteiger partial charge >= 0.3 is 0 Å². The molecule has 1 aliphatic heterocycles. The summed E-state index contributed by atoms with van der Waals surface area (Å²) < 4.78 is 0. The van der Waals surface area contributed by atoms with Crippen molar-refractivity contribution in [2.24, 2.45) is 0 Å². The lowest BCUT2D eigenvalue weighted by Crippen LogP contribution is -2.10. The second-order valence-electron chi connectivity index (χ2n) is 8.24. The van der Waals surface area contributed by atoms with Crippen LogP contribution in [0.25, 0.3) is 33.4 Å². The van der Waals surface area contributed by atoms with Crippen molar-refractivity contribution in [3.05, 3.63) is 131 Å². The van der Waals surface area contributed by atoms with Crippen LogP contribution in [0.15, 0.2) is 121 Å². The van der Waals surface area contributed by atoms with Gasteiger partial charge in [-0.25, -0.2) is 0 Å². The number of para-hydroxylation sites is 4. The molecule has 34 heavy (non-hydrogen) atoms. The zero-order valence-electron chi connectivity index (χ0n) is 18.3. The second kappa shape index (κ2) is 8.01. The standard InChI is InChI=1S/C30H20N2O2/c33-32(34)30-17-9-4-12-23(30)21-18-19-24-25-13-5-7-15-28(25)31(22-10-2-1-3-11-22)29-16-8-6-14-26(29)27(24)20-21/h1-20H. The van der Waals surface area contributed by atoms with Gasteiger partial charge in [-0.05, 0) is 53.1 Å². The molecule has 0 saturated heterocycles. The molecular weight excluding hydrogens is 420 g/mol. The SMILES string of the molecule is O=[N+]([O-])c1ccccc1-c1ccc2c(c1)-c1ccccc1N(c1ccccc1)c1ccccc1-2. The van der Waals surface area contributed by atoms with Gasteiger partial charge in [0.05, 0.1) is 21.9 Å². The maximum absolute atomic E-state index is 11.7. The second-order valence-corrected chi connectivity index (χ2v) is 8.24. The van der Waals surface area contributed by atoms with Gasteiger partial charge in [0.1, 0.15) is 0 Å². The van der Waals surface area contributed by atoms with Crippen molar-refractivity contribution in [2.75, 3.05) is 4.90 Å². The minimum Gasteiger partial charge on any atom is -0.309 e. The third-order valence-electron chi connectivity index (χ3n) is 6.32. The highest BCUT2D eigenvalue weighted by atomic mass is 16.6. The van der Waals surface area contributed by atoms with E-state index in [4.69, 9.17) is 0 Å². The van der Waals surface area contributed by atoms with Crippen molar-refractivity contribution in [3.8, 4) is 33.4 Å². The molecule has 0 spiro atoms. The van der Waals surface area contributed by atoms with Gasteiger partial charge in [0.2, 0.25) is 0 Å². The molecule has 162 valence electrons. The summed E-state index contributed by atoms with van der Waals surface area (Å²) in [4.78, 5) is 13.7. The van der Waals surface area contributed by atoms with Crippen molar-refractivity contribution >= 4 is 22.7 Å². The van der Waals surface area contributed by atoms with E-state index in [1.165, 1.54) is 0 Å². The average molecular weight is 441 g/mol. The molecule has 5 aromatic carbocycles. The highest BCUT2D eigenvalue weighted by Gasteiger charge is 2.26. The summed E-state index contributed by atoms with van der Waals surface area (Å²) >= 11 is 0. The van der Waals surface area contributed by atoms with Gasteiger partial charge < -0.3 is 4.90 Å². The first-order valence-electron chi connectivity index (χ1n) is 11.1. The molecule has 0 aliphatic carbocycles. The van der Waals surface area contributed by atoms with Crippen LogP contribution in [0.2, 0.25) is 0 Å². The predicted octanol–water partition coefficient (Wildman–Crippen LogP) is 8.38. The fraction of sp³-hybridized carbons (Fsp3) is 0. The molecule has 4 heteroatoms. The minimum atomic E-state index is -0.318. The molecule has 5 aromatic rings. The third kappa shape index (κ3) is 3.16. The summed E-state index contributed by atoms with van der Waals surface area (Å²) in [5.74, 6) is 0. The van der Waals surface area contributed by atoms with Gasteiger partial charge in [0.25, 0.3) is 5.69 Å². The van der Waals surface area contributed by atoms with Crippen LogP contribution in [-0.2, 0) is 0 Å². The summed E-state index contributed by atoms with van der Waals surface area (Å²) in [6.45, 7) is 0. The Hall–Kier alpha value is -4.70. The average Bonchev–Trinajstić information content (AvgIpc) is 3.01. The Morgan fingerprint density at radius 2 is 1.09 bits per heavy atom. The molecule has 0 atom stereocenters. The lowest BCUT2D eigenvalue weighted by atomic mass is 9.91. The van der Waals surface area contributed by atoms with Gasteiger partial charge in [-0.3, -0.25) is 10.1 Å². The normalized spacial score (nSPS) is 11.7. The van der Waals surface area contributed by atoms with E-state index in [-0.39, 0.29) is 10.6 Å². The van der Waals surface area contributed by atoms with E-state index >= 15 is 0 Å². The van der Waals surface area contributed by atoms with E-state index in [1.54, 1.807) is 12.1 Å². The Labute approximate surface area is 197 Å². The van der Waals surface area contributed by atoms with Gasteiger partial charge in [0, 0.05) is 22.9 Å². The first-order valence-corrected chi connectivity index (χ1v) is 11.1. The first-order chi connectivity index (χ1) is 16.7. The fourth-order valence-corrected chi connectivity index (χ4v) is 4.82. The Balaban J connectivity index is 1.66. The molecule has 4 nitrogen and oxygen atoms in total. The lowest BCUT2D eigenvalue weighted by Gasteiger charge is -2.27. The van der Waals surface area contributed by atoms with E-state index in [9.17, 15) is 10.1 Å². The van der Waals surface area contributed by atoms with E-state index in [2.05, 4.69) is 65.6 Å². The molecule has 0 N–H and O–H groups in total. The third-order valence-corrected chi connectivity index (χ3v) is 6.32. The van der Waals surface area contributed by atoms with Gasteiger partial charge in [0.15, 0.2) is 0 Å². The number of rotatable bonds is 3. The van der Waals surface area contributed by atoms with E-state index in [0.717, 1.165) is 44.9 Å². The molecule has 0 amide bonds. The van der Waals surface area contributed by atoms with Crippen molar-refractivity contribution < 1.29 is 4.92 Å². The highest BCUT2D eigenvalue weighted by molar-refractivity contribution is 6.03. The Morgan fingerprint density at radius 1 is 0.529 bits per heavy atom. The van der Waals surface area contributed by atoms with Gasteiger partial charge in [-0.1, -0.05) is 78.9 Å². The molecule has 1 heterocycles. The first kappa shape index (κ1) is 19.9. The number of benzene rings is 5. The number of hydrogen-bond donors (Lipinski definition) is 0. The molecular formula is C30H20N2O2. The quantitative estimate of drug-likeness (QED) is 0.205. The molecule has 1 aliphatic rings. The van der Waals surface area contributed by atoms with Crippen LogP contribution in [0.1, 0.15) is 0 Å². The van der Waals surface area contributed by atoms with Crippen LogP contribution in [0.3, 0.4) is 0 Å². The molecule has 0 aromatic heterocycles. The zero-order valence-corrected chi connectivity index (χ0v) is 18.3. The minimum absolute atomic E-state index is 0.107. The van der Waals surface area contributed by atoms with Crippen LogP contribution in [0, 0.1) is 10.1 Å². The van der Waals surface area contributed by atoms with Crippen molar-refractivity contribution in [2.45, 2.75) is 0 Å². The highest BCUT2D eigenvalue weighted by Crippen LogP contribution is 2.51. The predicted molar refractivity (Wildman–Crippen MR) is 138 cm³/mol. The molecule has 0 saturated carbocycles. The topological polar surface area (TPSA) is 46.4 Å². The van der Waals surface area contributed by atoms with Crippen molar-refractivity contribution in [1.29, 1.82) is 0 Å². The summed E-state index contributed by atoms with van der Waals surface area (Å²) in [7, 11) is 0. The zero-order chi connectivity index (χ0) is 23.1. The van der Waals surface area contributed by atoms with Crippen molar-refractivity contribution in [3.63, 3.8) is 0 Å². The van der Waals surface area contributed by atoms with E-state index in [0.29, 0.717) is 5.56 Å². The van der Waals surface area contributed by atoms with Crippen LogP contribution in [-0.4, -0.2) is 4.92 Å².